The second kappa shape index (κ2) is 9.05. The number of pyridine rings is 2. The Morgan fingerprint density at radius 2 is 1.86 bits per heavy atom. The number of aromatic nitrogens is 6. The number of hydrogen-bond donors (Lipinski definition) is 2. The number of ether oxygens (including phenoxy) is 1. The fourth-order valence-corrected chi connectivity index (χ4v) is 4.12. The Bertz CT molecular complexity index is 1360. The molecule has 12 nitrogen and oxygen atoms in total. The van der Waals surface area contributed by atoms with Crippen molar-refractivity contribution in [1.29, 1.82) is 0 Å². The zero-order valence-corrected chi connectivity index (χ0v) is 19.8. The minimum atomic E-state index is 0.100. The van der Waals surface area contributed by atoms with Crippen LogP contribution < -0.4 is 20.7 Å². The number of anilines is 4. The largest absolute Gasteiger partial charge is 0.481 e. The third-order valence-corrected chi connectivity index (χ3v) is 5.88. The van der Waals surface area contributed by atoms with E-state index in [9.17, 15) is 4.79 Å². The predicted molar refractivity (Wildman–Crippen MR) is 132 cm³/mol. The number of aryl methyl sites for hydroxylation is 1. The summed E-state index contributed by atoms with van der Waals surface area (Å²) in [6, 6.07) is 7.60. The number of nitrogen functional groups attached to an aromatic ring is 1. The van der Waals surface area contributed by atoms with E-state index in [0.717, 1.165) is 24.5 Å². The first kappa shape index (κ1) is 22.3. The molecular formula is C23H26N10O2. The lowest BCUT2D eigenvalue weighted by atomic mass is 10.2. The Labute approximate surface area is 201 Å². The highest BCUT2D eigenvalue weighted by molar-refractivity contribution is 5.77. The Kier molecular flexibility index (Phi) is 5.77. The Morgan fingerprint density at radius 1 is 1.06 bits per heavy atom. The molecular weight excluding hydrogens is 448 g/mol. The van der Waals surface area contributed by atoms with E-state index in [1.165, 1.54) is 0 Å². The Hall–Kier alpha value is -4.48. The number of fused-ring (bicyclic) bond motifs is 1. The standard InChI is InChI=1S/C23H26N10O2/c1-14-26-21(30-23(24)27-14)20-22(28-16-4-7-19(35-3)25-12-16)29-18-6-5-17(13-33(18)20)32-10-8-31(9-11-32)15(2)34/h4-7,12-13,28H,8-11H2,1-3H3,(H2,24,26,27,30). The molecule has 180 valence electrons. The van der Waals surface area contributed by atoms with Crippen LogP contribution in [-0.2, 0) is 4.79 Å². The van der Waals surface area contributed by atoms with Gasteiger partial charge in [0, 0.05) is 45.4 Å². The molecule has 4 aromatic heterocycles. The molecule has 4 aromatic rings. The summed E-state index contributed by atoms with van der Waals surface area (Å²) in [5.41, 5.74) is 9.06. The topological polar surface area (TPSA) is 140 Å². The van der Waals surface area contributed by atoms with Crippen LogP contribution in [0, 0.1) is 6.92 Å². The minimum absolute atomic E-state index is 0.100. The molecule has 5 rings (SSSR count). The Balaban J connectivity index is 1.57. The highest BCUT2D eigenvalue weighted by Crippen LogP contribution is 2.31. The first-order valence-electron chi connectivity index (χ1n) is 11.2. The zero-order valence-electron chi connectivity index (χ0n) is 19.8. The van der Waals surface area contributed by atoms with Gasteiger partial charge in [0.2, 0.25) is 17.7 Å². The normalized spacial score (nSPS) is 13.8. The molecule has 0 aliphatic carbocycles. The summed E-state index contributed by atoms with van der Waals surface area (Å²) >= 11 is 0. The number of methoxy groups -OCH3 is 1. The van der Waals surface area contributed by atoms with Crippen LogP contribution in [0.1, 0.15) is 12.7 Å². The fraction of sp³-hybridized carbons (Fsp3) is 0.304. The molecule has 1 fully saturated rings. The lowest BCUT2D eigenvalue weighted by molar-refractivity contribution is -0.129. The third-order valence-electron chi connectivity index (χ3n) is 5.88. The zero-order chi connectivity index (χ0) is 24.5. The van der Waals surface area contributed by atoms with E-state index in [1.54, 1.807) is 33.2 Å². The molecule has 0 aromatic carbocycles. The lowest BCUT2D eigenvalue weighted by Crippen LogP contribution is -2.48. The van der Waals surface area contributed by atoms with Crippen molar-refractivity contribution < 1.29 is 9.53 Å². The van der Waals surface area contributed by atoms with Gasteiger partial charge < -0.3 is 25.6 Å². The molecule has 5 heterocycles. The number of rotatable bonds is 5. The van der Waals surface area contributed by atoms with Crippen molar-refractivity contribution in [1.82, 2.24) is 34.2 Å². The number of nitrogens with two attached hydrogens (primary N) is 1. The number of piperazine rings is 1. The third kappa shape index (κ3) is 4.50. The quantitative estimate of drug-likeness (QED) is 0.441. The van der Waals surface area contributed by atoms with E-state index in [0.29, 0.717) is 47.8 Å². The Morgan fingerprint density at radius 3 is 2.51 bits per heavy atom. The van der Waals surface area contributed by atoms with Crippen LogP contribution in [-0.4, -0.2) is 73.4 Å². The van der Waals surface area contributed by atoms with Crippen molar-refractivity contribution in [3.8, 4) is 17.4 Å². The summed E-state index contributed by atoms with van der Waals surface area (Å²) in [7, 11) is 1.57. The van der Waals surface area contributed by atoms with E-state index >= 15 is 0 Å². The van der Waals surface area contributed by atoms with Crippen molar-refractivity contribution in [3.63, 3.8) is 0 Å². The van der Waals surface area contributed by atoms with E-state index in [1.807, 2.05) is 33.7 Å². The van der Waals surface area contributed by atoms with Crippen LogP contribution in [0.2, 0.25) is 0 Å². The first-order chi connectivity index (χ1) is 16.9. The van der Waals surface area contributed by atoms with Crippen LogP contribution in [0.4, 0.5) is 23.1 Å². The lowest BCUT2D eigenvalue weighted by Gasteiger charge is -2.35. The molecule has 0 atom stereocenters. The van der Waals surface area contributed by atoms with Gasteiger partial charge in [-0.25, -0.2) is 15.0 Å². The first-order valence-corrected chi connectivity index (χ1v) is 11.2. The van der Waals surface area contributed by atoms with Crippen LogP contribution in [0.3, 0.4) is 0 Å². The van der Waals surface area contributed by atoms with E-state index in [4.69, 9.17) is 15.5 Å². The van der Waals surface area contributed by atoms with Crippen molar-refractivity contribution in [2.45, 2.75) is 13.8 Å². The average molecular weight is 475 g/mol. The maximum Gasteiger partial charge on any atom is 0.223 e. The molecule has 3 N–H and O–H groups in total. The number of carbonyl (C=O) groups is 1. The van der Waals surface area contributed by atoms with Gasteiger partial charge in [0.05, 0.1) is 24.7 Å². The molecule has 1 saturated heterocycles. The van der Waals surface area contributed by atoms with Gasteiger partial charge in [0.1, 0.15) is 17.2 Å². The molecule has 0 unspecified atom stereocenters. The van der Waals surface area contributed by atoms with Gasteiger partial charge in [-0.15, -0.1) is 0 Å². The molecule has 12 heteroatoms. The minimum Gasteiger partial charge on any atom is -0.481 e. The molecule has 1 aliphatic heterocycles. The van der Waals surface area contributed by atoms with Gasteiger partial charge in [0.25, 0.3) is 0 Å². The number of nitrogens with one attached hydrogen (secondary N) is 1. The predicted octanol–water partition coefficient (Wildman–Crippen LogP) is 1.89. The molecule has 0 spiro atoms. The van der Waals surface area contributed by atoms with Crippen LogP contribution in [0.25, 0.3) is 17.2 Å². The number of hydrogen-bond acceptors (Lipinski definition) is 10. The number of carbonyl (C=O) groups excluding carboxylic acids is 1. The summed E-state index contributed by atoms with van der Waals surface area (Å²) in [5.74, 6) is 2.22. The van der Waals surface area contributed by atoms with Gasteiger partial charge in [-0.1, -0.05) is 0 Å². The fourth-order valence-electron chi connectivity index (χ4n) is 4.12. The molecule has 0 radical (unpaired) electrons. The summed E-state index contributed by atoms with van der Waals surface area (Å²) in [6.07, 6.45) is 3.67. The van der Waals surface area contributed by atoms with E-state index in [2.05, 4.69) is 30.2 Å². The van der Waals surface area contributed by atoms with Crippen LogP contribution in [0.15, 0.2) is 36.7 Å². The molecule has 35 heavy (non-hydrogen) atoms. The molecule has 0 bridgehead atoms. The maximum absolute atomic E-state index is 11.7. The average Bonchev–Trinajstić information content (AvgIpc) is 3.21. The molecule has 0 saturated carbocycles. The van der Waals surface area contributed by atoms with Gasteiger partial charge in [-0.05, 0) is 25.1 Å². The van der Waals surface area contributed by atoms with Crippen molar-refractivity contribution in [2.75, 3.05) is 49.2 Å². The molecule has 1 amide bonds. The van der Waals surface area contributed by atoms with E-state index in [-0.39, 0.29) is 11.9 Å². The van der Waals surface area contributed by atoms with Crippen molar-refractivity contribution in [3.05, 3.63) is 42.5 Å². The number of nitrogens with zero attached hydrogens (tertiary/aromatic N) is 8. The van der Waals surface area contributed by atoms with Gasteiger partial charge in [-0.2, -0.15) is 9.97 Å². The SMILES string of the molecule is COc1ccc(Nc2nc3ccc(N4CCN(C(C)=O)CC4)cn3c2-c2nc(C)nc(N)n2)cn1. The summed E-state index contributed by atoms with van der Waals surface area (Å²) in [6.45, 7) is 6.24. The van der Waals surface area contributed by atoms with Gasteiger partial charge in [0.15, 0.2) is 11.6 Å². The highest BCUT2D eigenvalue weighted by atomic mass is 16.5. The number of imidazole rings is 1. The number of amides is 1. The monoisotopic (exact) mass is 474 g/mol. The smallest absolute Gasteiger partial charge is 0.223 e. The van der Waals surface area contributed by atoms with Crippen LogP contribution in [0.5, 0.6) is 5.88 Å². The summed E-state index contributed by atoms with van der Waals surface area (Å²) < 4.78 is 7.10. The summed E-state index contributed by atoms with van der Waals surface area (Å²) in [4.78, 5) is 37.9. The van der Waals surface area contributed by atoms with Crippen molar-refractivity contribution >= 4 is 34.7 Å². The highest BCUT2D eigenvalue weighted by Gasteiger charge is 2.22. The summed E-state index contributed by atoms with van der Waals surface area (Å²) in [5, 5.41) is 3.32. The second-order valence-electron chi connectivity index (χ2n) is 8.20. The van der Waals surface area contributed by atoms with Crippen molar-refractivity contribution in [2.24, 2.45) is 0 Å². The van der Waals surface area contributed by atoms with Gasteiger partial charge >= 0.3 is 0 Å². The van der Waals surface area contributed by atoms with Crippen LogP contribution >= 0.6 is 0 Å². The van der Waals surface area contributed by atoms with Gasteiger partial charge in [-0.3, -0.25) is 9.20 Å². The maximum atomic E-state index is 11.7. The van der Waals surface area contributed by atoms with E-state index < -0.39 is 0 Å². The second-order valence-corrected chi connectivity index (χ2v) is 8.20. The molecule has 1 aliphatic rings.